The Kier molecular flexibility index (Phi) is 50.3. The van der Waals surface area contributed by atoms with Crippen molar-refractivity contribution in [3.8, 4) is 6.07 Å². The molecule has 17 unspecified atom stereocenters. The van der Waals surface area contributed by atoms with Crippen LogP contribution < -0.4 is 37.2 Å². The third-order valence-electron chi connectivity index (χ3n) is 20.3. The van der Waals surface area contributed by atoms with Crippen molar-refractivity contribution >= 4 is 97.5 Å². The van der Waals surface area contributed by atoms with Crippen LogP contribution in [-0.4, -0.2) is 339 Å². The number of nitrogens with zero attached hydrogens (tertiary/aromatic N) is 3. The molecule has 1 aliphatic carbocycles. The minimum absolute atomic E-state index is 0.104. The van der Waals surface area contributed by atoms with Crippen LogP contribution in [-0.2, 0) is 174 Å². The summed E-state index contributed by atoms with van der Waals surface area (Å²) in [4.78, 5) is 195. The zero-order valence-electron chi connectivity index (χ0n) is 77.5. The number of hydrogen-bond donors (Lipinski definition) is 8. The first-order valence-corrected chi connectivity index (χ1v) is 44.7. The smallest absolute Gasteiger partial charge is 0.303 e. The second-order valence-corrected chi connectivity index (χ2v) is 33.5. The highest BCUT2D eigenvalue weighted by Gasteiger charge is 2.58. The van der Waals surface area contributed by atoms with E-state index >= 15 is 4.79 Å². The number of carbonyl (C=O) groups excluding carboxylic acids is 15. The molecule has 1 saturated carbocycles. The SMILES string of the molecule is CC(=O)CC1C(NC(C)O)C(OCCOCCNC(=O)CN(CC(=O)NCCOCCOC2(NC(C)=O)COC(COC(C)=O)C(OC(C)=O)C2OC(C)=O)C(Cc2ccc(CNC(=O)C3CCC(OP(OCCC#N)N(C(C)C)C(C)C)CC3)cc2)C(=O)NCCOCCOC2OC(COC(C)=O)C(OC(C)=O)C(OC(C)=O)C2NC(C)=O)OC(COC(C)=O)C1OC(C)=O. The molecule has 4 fully saturated rings. The summed E-state index contributed by atoms with van der Waals surface area (Å²) >= 11 is 0. The number of nitrogens with one attached hydrogen (secondary N) is 7. The van der Waals surface area contributed by atoms with E-state index in [0.717, 1.165) is 55.4 Å². The van der Waals surface area contributed by atoms with Crippen molar-refractivity contribution in [1.82, 2.24) is 46.8 Å². The van der Waals surface area contributed by atoms with Crippen LogP contribution in [0.1, 0.15) is 160 Å². The Morgan fingerprint density at radius 1 is 0.534 bits per heavy atom. The standard InChI is InChI=1S/C85H133N10O35P/c1-49(2)95(50(3)4)131(122-30-17-26-86)130-66-24-22-65(23-25-66)81(110)90-42-64-20-18-63(19-21-64)41-68(82(111)89-29-33-113-35-38-116-84-75(92-53(7)98)79(126-61(15)106)77(124-59(13)104)71(129-84)47-119-57(11)102)94(43-72(108)87-27-31-112-34-37-115-83-74(91-52(6)97)67(40-51(5)96)76(123-58(12)103)70(128-83)46-118-56(10)101)44-73(109)88-28-32-114-36-39-121-85(93-54(8)99)48-120-69(45-117-55(9)100)78(125-60(14)105)80(85)127-62(16)107/h18-21,49-50,52,65-71,74-80,83-84,91,97H,17,22-25,27-48H2,1-16H3,(H,87,108)(H,88,109)(H,89,111)(H,90,110)(H,92,98)(H,93,99). The lowest BCUT2D eigenvalue weighted by Crippen LogP contribution is -2.72. The van der Waals surface area contributed by atoms with Gasteiger partial charge < -0.3 is 131 Å². The van der Waals surface area contributed by atoms with Gasteiger partial charge in [-0.15, -0.1) is 0 Å². The van der Waals surface area contributed by atoms with E-state index < -0.39 is 216 Å². The number of aliphatic hydroxyl groups is 1. The van der Waals surface area contributed by atoms with Crippen LogP contribution in [0.5, 0.6) is 0 Å². The minimum atomic E-state index is -2.00. The molecule has 6 amide bonds. The number of aliphatic hydroxyl groups excluding tert-OH is 1. The molecule has 46 heteroatoms. The Balaban J connectivity index is 1.40. The number of nitriles is 1. The summed E-state index contributed by atoms with van der Waals surface area (Å²) in [6.45, 7) is 17.1. The van der Waals surface area contributed by atoms with E-state index in [0.29, 0.717) is 36.8 Å². The number of Topliss-reactive ketones (excluding diaryl/α,β-unsaturated/α-hetero) is 1. The van der Waals surface area contributed by atoms with Gasteiger partial charge in [-0.3, -0.25) is 77.3 Å². The van der Waals surface area contributed by atoms with Gasteiger partial charge in [-0.05, 0) is 84.8 Å². The van der Waals surface area contributed by atoms with Crippen LogP contribution in [0.2, 0.25) is 0 Å². The first-order chi connectivity index (χ1) is 62.1. The molecule has 0 radical (unpaired) electrons. The van der Waals surface area contributed by atoms with Gasteiger partial charge in [0.25, 0.3) is 8.53 Å². The van der Waals surface area contributed by atoms with Gasteiger partial charge in [0.05, 0.1) is 116 Å². The molecule has 3 heterocycles. The lowest BCUT2D eigenvalue weighted by molar-refractivity contribution is -0.279. The molecule has 17 atom stereocenters. The van der Waals surface area contributed by atoms with Crippen molar-refractivity contribution in [3.05, 3.63) is 35.4 Å². The first kappa shape index (κ1) is 112. The number of rotatable bonds is 57. The van der Waals surface area contributed by atoms with Crippen molar-refractivity contribution in [3.63, 3.8) is 0 Å². The monoisotopic (exact) mass is 1880 g/mol. The number of carbonyl (C=O) groups is 15. The fraction of sp³-hybridized carbons (Fsp3) is 0.741. The summed E-state index contributed by atoms with van der Waals surface area (Å²) < 4.78 is 112. The summed E-state index contributed by atoms with van der Waals surface area (Å²) in [6.07, 6.45) is -12.3. The highest BCUT2D eigenvalue weighted by molar-refractivity contribution is 7.44. The third kappa shape index (κ3) is 41.0. The predicted octanol–water partition coefficient (Wildman–Crippen LogP) is 0.241. The topological polar surface area (TPSA) is 566 Å². The first-order valence-electron chi connectivity index (χ1n) is 43.5. The maximum Gasteiger partial charge on any atom is 0.303 e. The van der Waals surface area contributed by atoms with E-state index in [1.54, 1.807) is 24.3 Å². The van der Waals surface area contributed by atoms with Gasteiger partial charge in [-0.25, -0.2) is 4.67 Å². The van der Waals surface area contributed by atoms with Crippen LogP contribution in [0.4, 0.5) is 0 Å². The molecule has 3 saturated heterocycles. The number of hydrogen-bond acceptors (Lipinski definition) is 39. The Hall–Kier alpha value is -9.21. The molecule has 3 aliphatic heterocycles. The highest BCUT2D eigenvalue weighted by Crippen LogP contribution is 2.49. The van der Waals surface area contributed by atoms with Crippen molar-refractivity contribution in [2.24, 2.45) is 11.8 Å². The number of ether oxygens (including phenoxy) is 17. The van der Waals surface area contributed by atoms with Crippen LogP contribution in [0, 0.1) is 23.2 Å². The summed E-state index contributed by atoms with van der Waals surface area (Å²) in [7, 11) is -1.49. The molecule has 1 aromatic rings. The average molecular weight is 1890 g/mol. The zero-order chi connectivity index (χ0) is 97.0. The van der Waals surface area contributed by atoms with Gasteiger partial charge in [-0.2, -0.15) is 5.26 Å². The van der Waals surface area contributed by atoms with Gasteiger partial charge in [0.1, 0.15) is 62.3 Å². The predicted molar refractivity (Wildman–Crippen MR) is 455 cm³/mol. The molecule has 1 aromatic carbocycles. The molecular weight excluding hydrogens is 1750 g/mol. The highest BCUT2D eigenvalue weighted by atomic mass is 31.2. The van der Waals surface area contributed by atoms with E-state index in [2.05, 4.69) is 75.7 Å². The molecule has 738 valence electrons. The molecule has 0 bridgehead atoms. The quantitative estimate of drug-likeness (QED) is 0.0142. The van der Waals surface area contributed by atoms with E-state index in [4.69, 9.17) is 89.6 Å². The van der Waals surface area contributed by atoms with Crippen molar-refractivity contribution in [2.75, 3.05) is 125 Å². The molecule has 0 spiro atoms. The zero-order valence-corrected chi connectivity index (χ0v) is 78.4. The number of esters is 8. The van der Waals surface area contributed by atoms with Crippen LogP contribution in [0.15, 0.2) is 24.3 Å². The second-order valence-electron chi connectivity index (χ2n) is 32.1. The average Bonchev–Trinajstić information content (AvgIpc) is 0.762. The number of amides is 6. The second kappa shape index (κ2) is 58.7. The fourth-order valence-electron chi connectivity index (χ4n) is 15.1. The van der Waals surface area contributed by atoms with Gasteiger partial charge in [0.15, 0.2) is 37.0 Å². The minimum Gasteiger partial charge on any atom is -0.463 e. The van der Waals surface area contributed by atoms with Gasteiger partial charge in [0, 0.05) is 126 Å². The van der Waals surface area contributed by atoms with Gasteiger partial charge >= 0.3 is 47.8 Å². The molecule has 45 nitrogen and oxygen atoms in total. The van der Waals surface area contributed by atoms with Crippen molar-refractivity contribution in [2.45, 2.75) is 272 Å². The van der Waals surface area contributed by atoms with Crippen LogP contribution >= 0.6 is 8.53 Å². The molecule has 0 aromatic heterocycles. The maximum atomic E-state index is 15.1. The lowest BCUT2D eigenvalue weighted by Gasteiger charge is -2.48. The van der Waals surface area contributed by atoms with E-state index in [1.165, 1.54) is 32.6 Å². The van der Waals surface area contributed by atoms with Crippen molar-refractivity contribution < 1.29 is 167 Å². The molecular formula is C85H133N10O35P. The molecule has 8 N–H and O–H groups in total. The third-order valence-corrected chi connectivity index (χ3v) is 22.5. The Morgan fingerprint density at radius 3 is 1.50 bits per heavy atom. The Labute approximate surface area is 763 Å². The van der Waals surface area contributed by atoms with Crippen molar-refractivity contribution in [1.29, 1.82) is 5.26 Å². The lowest BCUT2D eigenvalue weighted by atomic mass is 9.83. The molecule has 4 aliphatic rings. The number of ketones is 1. The fourth-order valence-corrected chi connectivity index (χ4v) is 16.8. The Morgan fingerprint density at radius 2 is 1.02 bits per heavy atom. The summed E-state index contributed by atoms with van der Waals surface area (Å²) in [5, 5.41) is 39.3. The summed E-state index contributed by atoms with van der Waals surface area (Å²) in [5.41, 5.74) is -0.772. The number of benzene rings is 1. The summed E-state index contributed by atoms with van der Waals surface area (Å²) in [5.74, 6) is -11.1. The van der Waals surface area contributed by atoms with E-state index in [1.807, 2.05) is 0 Å². The molecule has 131 heavy (non-hydrogen) atoms. The summed E-state index contributed by atoms with van der Waals surface area (Å²) in [6, 6.07) is 5.70. The van der Waals surface area contributed by atoms with E-state index in [9.17, 15) is 77.5 Å². The van der Waals surface area contributed by atoms with Gasteiger partial charge in [0.2, 0.25) is 41.2 Å². The normalized spacial score (nSPS) is 24.3. The Bertz CT molecular complexity index is 3890. The van der Waals surface area contributed by atoms with Crippen LogP contribution in [0.3, 0.4) is 0 Å². The largest absolute Gasteiger partial charge is 0.463 e. The van der Waals surface area contributed by atoms with Gasteiger partial charge in [-0.1, -0.05) is 24.3 Å². The maximum absolute atomic E-state index is 15.1. The van der Waals surface area contributed by atoms with E-state index in [-0.39, 0.29) is 154 Å². The van der Waals surface area contributed by atoms with Crippen LogP contribution in [0.25, 0.3) is 0 Å². The molecule has 5 rings (SSSR count).